The van der Waals surface area contributed by atoms with Crippen molar-refractivity contribution >= 4 is 52.1 Å². The number of aliphatic hydroxyl groups is 1. The Hall–Kier alpha value is -6.36. The topological polar surface area (TPSA) is 192 Å². The van der Waals surface area contributed by atoms with Crippen LogP contribution in [-0.4, -0.2) is 89.0 Å². The number of aromatic nitrogens is 4. The molecule has 16 heteroatoms. The Morgan fingerprint density at radius 1 is 0.866 bits per heavy atom. The summed E-state index contributed by atoms with van der Waals surface area (Å²) in [5.41, 5.74) is 10.6. The van der Waals surface area contributed by atoms with E-state index in [0.717, 1.165) is 70.7 Å². The van der Waals surface area contributed by atoms with E-state index >= 15 is 0 Å². The van der Waals surface area contributed by atoms with Gasteiger partial charge in [0.25, 0.3) is 0 Å². The third-order valence-corrected chi connectivity index (χ3v) is 14.9. The lowest BCUT2D eigenvalue weighted by molar-refractivity contribution is -0.144. The SMILES string of the molecule is Cc1ncsc1-c1ccc(C(C)NC(=O)[C@@H]2C[C@@H](O)CN2C(=O)C(NC(=O)CCc2ccc(-c3ccc(C4=N[C@@H](CC(=O)O)c5nnc(C)n5-c5sc(C)c(C)c54)cc3)cc2)C(C)(C)C)cc1. The van der Waals surface area contributed by atoms with Gasteiger partial charge >= 0.3 is 5.97 Å². The van der Waals surface area contributed by atoms with Gasteiger partial charge < -0.3 is 25.7 Å². The predicted molar refractivity (Wildman–Crippen MR) is 261 cm³/mol. The second-order valence-electron chi connectivity index (χ2n) is 18.7. The fourth-order valence-electron chi connectivity index (χ4n) is 8.88. The van der Waals surface area contributed by atoms with Crippen molar-refractivity contribution in [2.24, 2.45) is 10.4 Å². The van der Waals surface area contributed by atoms with E-state index in [0.29, 0.717) is 18.1 Å². The van der Waals surface area contributed by atoms with Gasteiger partial charge in [-0.2, -0.15) is 0 Å². The number of rotatable bonds is 13. The van der Waals surface area contributed by atoms with Crippen molar-refractivity contribution < 1.29 is 29.4 Å². The number of aliphatic imine (C=N–C) groups is 1. The minimum Gasteiger partial charge on any atom is -0.481 e. The summed E-state index contributed by atoms with van der Waals surface area (Å²) < 4.78 is 1.94. The molecule has 1 fully saturated rings. The molecule has 8 rings (SSSR count). The second kappa shape index (κ2) is 19.1. The molecule has 6 aromatic rings. The number of aliphatic hydroxyl groups excluding tert-OH is 1. The summed E-state index contributed by atoms with van der Waals surface area (Å²) in [7, 11) is 0. The van der Waals surface area contributed by atoms with Gasteiger partial charge in [-0.3, -0.25) is 28.7 Å². The lowest BCUT2D eigenvalue weighted by atomic mass is 9.85. The molecule has 3 aromatic carbocycles. The molecular formula is C51H56N8O6S2. The summed E-state index contributed by atoms with van der Waals surface area (Å²) in [6, 6.07) is 21.2. The van der Waals surface area contributed by atoms with E-state index in [9.17, 15) is 29.4 Å². The number of amides is 3. The third-order valence-electron chi connectivity index (χ3n) is 12.8. The zero-order valence-corrected chi connectivity index (χ0v) is 40.6. The maximum atomic E-state index is 14.2. The molecule has 3 amide bonds. The van der Waals surface area contributed by atoms with Crippen molar-refractivity contribution in [3.63, 3.8) is 0 Å². The van der Waals surface area contributed by atoms with Gasteiger partial charge in [-0.05, 0) is 79.8 Å². The predicted octanol–water partition coefficient (Wildman–Crippen LogP) is 8.02. The van der Waals surface area contributed by atoms with Gasteiger partial charge in [-0.25, -0.2) is 4.98 Å². The lowest BCUT2D eigenvalue weighted by Crippen LogP contribution is -2.57. The van der Waals surface area contributed by atoms with Crippen molar-refractivity contribution in [1.82, 2.24) is 35.3 Å². The van der Waals surface area contributed by atoms with Crippen molar-refractivity contribution in [1.29, 1.82) is 0 Å². The smallest absolute Gasteiger partial charge is 0.306 e. The van der Waals surface area contributed by atoms with E-state index in [-0.39, 0.29) is 43.7 Å². The van der Waals surface area contributed by atoms with Crippen LogP contribution in [0.15, 0.2) is 83.3 Å². The number of hydrogen-bond acceptors (Lipinski definition) is 11. The molecule has 1 saturated heterocycles. The Bertz CT molecular complexity index is 2860. The number of carbonyl (C=O) groups excluding carboxylic acids is 3. The van der Waals surface area contributed by atoms with Crippen LogP contribution in [0.25, 0.3) is 26.6 Å². The summed E-state index contributed by atoms with van der Waals surface area (Å²) in [5, 5.41) is 36.1. The van der Waals surface area contributed by atoms with Crippen molar-refractivity contribution in [2.75, 3.05) is 6.54 Å². The number of thiophene rings is 1. The van der Waals surface area contributed by atoms with E-state index in [2.05, 4.69) is 39.7 Å². The number of β-amino-alcohol motifs (C(OH)–C–C–N with tert-alkyl or cyclic N) is 1. The monoisotopic (exact) mass is 940 g/mol. The Labute approximate surface area is 398 Å². The van der Waals surface area contributed by atoms with E-state index in [1.54, 1.807) is 22.7 Å². The van der Waals surface area contributed by atoms with Gasteiger partial charge in [0.2, 0.25) is 17.7 Å². The van der Waals surface area contributed by atoms with Gasteiger partial charge in [-0.1, -0.05) is 93.6 Å². The first-order valence-corrected chi connectivity index (χ1v) is 24.2. The minimum atomic E-state index is -0.968. The van der Waals surface area contributed by atoms with Gasteiger partial charge in [0.05, 0.1) is 40.4 Å². The Balaban J connectivity index is 0.902. The Morgan fingerprint density at radius 3 is 2.13 bits per heavy atom. The number of fused-ring (bicyclic) bond motifs is 3. The molecule has 348 valence electrons. The third kappa shape index (κ3) is 9.88. The number of nitrogens with one attached hydrogen (secondary N) is 2. The number of likely N-dealkylation sites (tertiary alicyclic amines) is 1. The molecule has 5 atom stereocenters. The van der Waals surface area contributed by atoms with E-state index < -0.39 is 41.5 Å². The molecule has 0 bridgehead atoms. The molecule has 2 unspecified atom stereocenters. The van der Waals surface area contributed by atoms with Gasteiger partial charge in [0.15, 0.2) is 5.82 Å². The fraction of sp³-hybridized carbons (Fsp3) is 0.373. The first kappa shape index (κ1) is 47.1. The molecule has 2 aliphatic rings. The minimum absolute atomic E-state index is 0.00698. The number of benzene rings is 3. The average molecular weight is 941 g/mol. The van der Waals surface area contributed by atoms with Crippen LogP contribution in [0.5, 0.6) is 0 Å². The highest BCUT2D eigenvalue weighted by Gasteiger charge is 2.45. The standard InChI is InChI=1S/C51H56N8O6S2/c1-27-30(4)67-50-43(27)44(54-39(24-42(62)63)47-57-56-31(5)59(47)50)36-18-16-35(17-19-36)34-12-9-32(10-13-34)11-22-41(61)55-46(51(6,7)8)49(65)58-25-38(60)23-40(58)48(64)53-28(2)33-14-20-37(21-15-33)45-29(3)52-26-66-45/h9-10,12-21,26,28,38-40,46,60H,11,22-25H2,1-8H3,(H,53,64)(H,55,61)(H,62,63)/t28?,38-,39+,40+,46?/m1/s1. The van der Waals surface area contributed by atoms with Crippen LogP contribution in [0.4, 0.5) is 0 Å². The molecular weight excluding hydrogens is 885 g/mol. The summed E-state index contributed by atoms with van der Waals surface area (Å²) in [4.78, 5) is 66.5. The molecule has 4 N–H and O–H groups in total. The highest BCUT2D eigenvalue weighted by atomic mass is 32.1. The highest BCUT2D eigenvalue weighted by Crippen LogP contribution is 2.40. The maximum Gasteiger partial charge on any atom is 0.306 e. The second-order valence-corrected chi connectivity index (χ2v) is 20.7. The van der Waals surface area contributed by atoms with Crippen molar-refractivity contribution in [2.45, 2.75) is 111 Å². The largest absolute Gasteiger partial charge is 0.481 e. The van der Waals surface area contributed by atoms with Crippen LogP contribution in [-0.2, 0) is 25.6 Å². The number of thiazole rings is 1. The number of carboxylic acids is 1. The summed E-state index contributed by atoms with van der Waals surface area (Å²) in [6.45, 7) is 15.5. The number of carboxylic acid groups (broad SMARTS) is 1. The van der Waals surface area contributed by atoms with Crippen LogP contribution in [0.2, 0.25) is 0 Å². The molecule has 3 aromatic heterocycles. The molecule has 67 heavy (non-hydrogen) atoms. The first-order valence-electron chi connectivity index (χ1n) is 22.5. The summed E-state index contributed by atoms with van der Waals surface area (Å²) >= 11 is 3.20. The zero-order valence-electron chi connectivity index (χ0n) is 39.0. The summed E-state index contributed by atoms with van der Waals surface area (Å²) in [5.74, 6) is -0.835. The van der Waals surface area contributed by atoms with Crippen LogP contribution in [0, 0.1) is 33.1 Å². The molecule has 0 radical (unpaired) electrons. The number of hydrogen-bond donors (Lipinski definition) is 4. The number of aliphatic carboxylic acids is 1. The average Bonchev–Trinajstić information content (AvgIpc) is 4.06. The number of aryl methyl sites for hydroxylation is 4. The van der Waals surface area contributed by atoms with Crippen LogP contribution >= 0.6 is 22.7 Å². The molecule has 0 spiro atoms. The number of carbonyl (C=O) groups is 4. The van der Waals surface area contributed by atoms with E-state index in [1.807, 2.05) is 124 Å². The van der Waals surface area contributed by atoms with Crippen LogP contribution in [0.3, 0.4) is 0 Å². The normalized spacial score (nSPS) is 17.8. The highest BCUT2D eigenvalue weighted by molar-refractivity contribution is 7.15. The Morgan fingerprint density at radius 2 is 1.51 bits per heavy atom. The zero-order chi connectivity index (χ0) is 47.9. The first-order chi connectivity index (χ1) is 31.9. The van der Waals surface area contributed by atoms with Crippen molar-refractivity contribution in [3.05, 3.63) is 128 Å². The van der Waals surface area contributed by atoms with Gasteiger partial charge in [0, 0.05) is 35.4 Å². The molecule has 0 saturated carbocycles. The van der Waals surface area contributed by atoms with Crippen molar-refractivity contribution in [3.8, 4) is 26.6 Å². The quantitative estimate of drug-likeness (QED) is 0.0888. The number of nitrogens with zero attached hydrogens (tertiary/aromatic N) is 6. The lowest BCUT2D eigenvalue weighted by Gasteiger charge is -2.35. The van der Waals surface area contributed by atoms with Gasteiger partial charge in [-0.15, -0.1) is 32.9 Å². The molecule has 0 aliphatic carbocycles. The fourth-order valence-corrected chi connectivity index (χ4v) is 10.9. The van der Waals surface area contributed by atoms with Gasteiger partial charge in [0.1, 0.15) is 29.0 Å². The maximum absolute atomic E-state index is 14.2. The Kier molecular flexibility index (Phi) is 13.4. The van der Waals surface area contributed by atoms with Crippen LogP contribution in [0.1, 0.15) is 109 Å². The molecule has 2 aliphatic heterocycles. The molecule has 5 heterocycles. The van der Waals surface area contributed by atoms with Crippen LogP contribution < -0.4 is 10.6 Å². The van der Waals surface area contributed by atoms with E-state index in [1.165, 1.54) is 4.90 Å². The van der Waals surface area contributed by atoms with E-state index in [4.69, 9.17) is 4.99 Å². The molecule has 14 nitrogen and oxygen atoms in total. The summed E-state index contributed by atoms with van der Waals surface area (Å²) in [6.07, 6.45) is -0.406.